The van der Waals surface area contributed by atoms with Gasteiger partial charge in [-0.2, -0.15) is 0 Å². The number of aliphatic carboxylic acids is 1. The minimum atomic E-state index is -1.20. The molecule has 1 aliphatic carbocycles. The summed E-state index contributed by atoms with van der Waals surface area (Å²) in [6, 6.07) is 0. The molecule has 0 atom stereocenters. The van der Waals surface area contributed by atoms with Gasteiger partial charge in [0.15, 0.2) is 0 Å². The highest BCUT2D eigenvalue weighted by atomic mass is 32.1. The number of rotatable bonds is 5. The lowest BCUT2D eigenvalue weighted by Crippen LogP contribution is -2.17. The number of carbonyl (C=O) groups excluding carboxylic acids is 2. The molecule has 0 aromatic carbocycles. The molecular weight excluding hydrogens is 282 g/mol. The van der Waals surface area contributed by atoms with Gasteiger partial charge in [0.25, 0.3) is 0 Å². The Balaban J connectivity index is 2.26. The molecule has 0 aliphatic heterocycles. The zero-order valence-corrected chi connectivity index (χ0v) is 11.8. The molecule has 0 bridgehead atoms. The van der Waals surface area contributed by atoms with E-state index in [0.717, 1.165) is 29.7 Å². The van der Waals surface area contributed by atoms with E-state index in [4.69, 9.17) is 9.84 Å². The number of thiophene rings is 1. The summed E-state index contributed by atoms with van der Waals surface area (Å²) in [5.74, 6) is -2.30. The average molecular weight is 297 g/mol. The van der Waals surface area contributed by atoms with Crippen molar-refractivity contribution in [2.45, 2.75) is 32.6 Å². The van der Waals surface area contributed by atoms with E-state index in [1.807, 2.05) is 0 Å². The van der Waals surface area contributed by atoms with Crippen LogP contribution in [0.15, 0.2) is 0 Å². The fraction of sp³-hybridized carbons (Fsp3) is 0.462. The Hall–Kier alpha value is -1.89. The third kappa shape index (κ3) is 2.98. The Kier molecular flexibility index (Phi) is 4.39. The summed E-state index contributed by atoms with van der Waals surface area (Å²) in [6.07, 6.45) is 2.03. The largest absolute Gasteiger partial charge is 0.481 e. The van der Waals surface area contributed by atoms with E-state index in [0.29, 0.717) is 10.6 Å². The first-order chi connectivity index (χ1) is 9.52. The number of carboxylic acid groups (broad SMARTS) is 1. The van der Waals surface area contributed by atoms with E-state index >= 15 is 0 Å². The van der Waals surface area contributed by atoms with Gasteiger partial charge in [0.1, 0.15) is 11.4 Å². The van der Waals surface area contributed by atoms with Crippen LogP contribution in [0.4, 0.5) is 5.00 Å². The maximum atomic E-state index is 12.0. The second kappa shape index (κ2) is 6.04. The summed E-state index contributed by atoms with van der Waals surface area (Å²) < 4.78 is 5.01. The molecule has 0 unspecified atom stereocenters. The summed E-state index contributed by atoms with van der Waals surface area (Å²) in [6.45, 7) is 1.97. The first-order valence-electron chi connectivity index (χ1n) is 6.36. The van der Waals surface area contributed by atoms with Gasteiger partial charge in [0.2, 0.25) is 5.91 Å². The minimum Gasteiger partial charge on any atom is -0.481 e. The molecule has 0 radical (unpaired) electrons. The normalized spacial score (nSPS) is 12.8. The molecule has 1 aliphatic rings. The molecule has 108 valence electrons. The predicted octanol–water partition coefficient (Wildman–Crippen LogP) is 1.83. The van der Waals surface area contributed by atoms with E-state index in [2.05, 4.69) is 5.32 Å². The van der Waals surface area contributed by atoms with Crippen LogP contribution in [-0.2, 0) is 27.2 Å². The molecule has 7 heteroatoms. The first kappa shape index (κ1) is 14.5. The molecule has 1 amide bonds. The van der Waals surface area contributed by atoms with Gasteiger partial charge in [-0.3, -0.25) is 9.59 Å². The van der Waals surface area contributed by atoms with Crippen LogP contribution in [0.2, 0.25) is 0 Å². The Morgan fingerprint density at radius 1 is 1.35 bits per heavy atom. The smallest absolute Gasteiger partial charge is 0.341 e. The molecule has 0 saturated carbocycles. The highest BCUT2D eigenvalue weighted by Crippen LogP contribution is 2.39. The number of esters is 1. The standard InChI is InChI=1S/C13H15NO5S/c1-2-19-13(18)11-7-4-3-5-8(7)20-12(11)14-9(15)6-10(16)17/h2-6H2,1H3,(H,14,15)(H,16,17). The fourth-order valence-corrected chi connectivity index (χ4v) is 3.51. The molecule has 0 spiro atoms. The van der Waals surface area contributed by atoms with Crippen LogP contribution in [0.25, 0.3) is 0 Å². The fourth-order valence-electron chi connectivity index (χ4n) is 2.22. The van der Waals surface area contributed by atoms with Gasteiger partial charge in [-0.15, -0.1) is 11.3 Å². The molecule has 2 rings (SSSR count). The van der Waals surface area contributed by atoms with Crippen molar-refractivity contribution < 1.29 is 24.2 Å². The van der Waals surface area contributed by atoms with Crippen molar-refractivity contribution in [1.82, 2.24) is 0 Å². The number of anilines is 1. The molecule has 0 fully saturated rings. The number of carbonyl (C=O) groups is 3. The van der Waals surface area contributed by atoms with E-state index in [1.54, 1.807) is 6.92 Å². The van der Waals surface area contributed by atoms with Crippen LogP contribution in [0, 0.1) is 0 Å². The highest BCUT2D eigenvalue weighted by molar-refractivity contribution is 7.17. The van der Waals surface area contributed by atoms with Crippen molar-refractivity contribution in [3.05, 3.63) is 16.0 Å². The maximum Gasteiger partial charge on any atom is 0.341 e. The van der Waals surface area contributed by atoms with Crippen molar-refractivity contribution in [3.63, 3.8) is 0 Å². The van der Waals surface area contributed by atoms with Crippen molar-refractivity contribution >= 4 is 34.2 Å². The summed E-state index contributed by atoms with van der Waals surface area (Å²) in [7, 11) is 0. The summed E-state index contributed by atoms with van der Waals surface area (Å²) in [4.78, 5) is 35.1. The van der Waals surface area contributed by atoms with Crippen LogP contribution >= 0.6 is 11.3 Å². The molecular formula is C13H15NO5S. The minimum absolute atomic E-state index is 0.256. The van der Waals surface area contributed by atoms with Crippen LogP contribution in [-0.4, -0.2) is 29.6 Å². The predicted molar refractivity (Wildman–Crippen MR) is 73.2 cm³/mol. The van der Waals surface area contributed by atoms with Gasteiger partial charge in [0, 0.05) is 4.88 Å². The second-order valence-corrected chi connectivity index (χ2v) is 5.51. The Morgan fingerprint density at radius 2 is 2.10 bits per heavy atom. The molecule has 2 N–H and O–H groups in total. The van der Waals surface area contributed by atoms with Gasteiger partial charge in [-0.05, 0) is 31.7 Å². The van der Waals surface area contributed by atoms with E-state index in [9.17, 15) is 14.4 Å². The topological polar surface area (TPSA) is 92.7 Å². The summed E-state index contributed by atoms with van der Waals surface area (Å²) in [5, 5.41) is 11.5. The monoisotopic (exact) mass is 297 g/mol. The third-order valence-corrected chi connectivity index (χ3v) is 4.17. The zero-order chi connectivity index (χ0) is 14.7. The van der Waals surface area contributed by atoms with Crippen molar-refractivity contribution in [1.29, 1.82) is 0 Å². The molecule has 6 nitrogen and oxygen atoms in total. The number of hydrogen-bond donors (Lipinski definition) is 2. The van der Waals surface area contributed by atoms with Crippen LogP contribution < -0.4 is 5.32 Å². The Labute approximate surface area is 119 Å². The van der Waals surface area contributed by atoms with E-state index in [1.165, 1.54) is 11.3 Å². The summed E-state index contributed by atoms with van der Waals surface area (Å²) in [5.41, 5.74) is 1.32. The van der Waals surface area contributed by atoms with Crippen molar-refractivity contribution in [2.24, 2.45) is 0 Å². The van der Waals surface area contributed by atoms with Crippen molar-refractivity contribution in [3.8, 4) is 0 Å². The van der Waals surface area contributed by atoms with E-state index in [-0.39, 0.29) is 6.61 Å². The Morgan fingerprint density at radius 3 is 2.75 bits per heavy atom. The second-order valence-electron chi connectivity index (χ2n) is 4.40. The van der Waals surface area contributed by atoms with Crippen LogP contribution in [0.5, 0.6) is 0 Å². The molecule has 1 aromatic rings. The molecule has 1 aromatic heterocycles. The number of carboxylic acids is 1. The van der Waals surface area contributed by atoms with Crippen molar-refractivity contribution in [2.75, 3.05) is 11.9 Å². The highest BCUT2D eigenvalue weighted by Gasteiger charge is 2.28. The molecule has 20 heavy (non-hydrogen) atoms. The Bertz CT molecular complexity index is 563. The van der Waals surface area contributed by atoms with Gasteiger partial charge in [-0.1, -0.05) is 0 Å². The number of fused-ring (bicyclic) bond motifs is 1. The molecule has 0 saturated heterocycles. The van der Waals surface area contributed by atoms with Gasteiger partial charge < -0.3 is 15.2 Å². The van der Waals surface area contributed by atoms with Crippen LogP contribution in [0.1, 0.15) is 40.6 Å². The summed E-state index contributed by atoms with van der Waals surface area (Å²) >= 11 is 1.33. The zero-order valence-electron chi connectivity index (χ0n) is 11.0. The van der Waals surface area contributed by atoms with Crippen LogP contribution in [0.3, 0.4) is 0 Å². The van der Waals surface area contributed by atoms with Gasteiger partial charge in [0.05, 0.1) is 12.2 Å². The number of aryl methyl sites for hydroxylation is 1. The lowest BCUT2D eigenvalue weighted by Gasteiger charge is -2.07. The lowest BCUT2D eigenvalue weighted by molar-refractivity contribution is -0.139. The number of ether oxygens (including phenoxy) is 1. The quantitative estimate of drug-likeness (QED) is 0.639. The number of nitrogens with one attached hydrogen (secondary N) is 1. The maximum absolute atomic E-state index is 12.0. The van der Waals surface area contributed by atoms with E-state index < -0.39 is 24.3 Å². The number of hydrogen-bond acceptors (Lipinski definition) is 5. The lowest BCUT2D eigenvalue weighted by atomic mass is 10.1. The third-order valence-electron chi connectivity index (χ3n) is 2.97. The first-order valence-corrected chi connectivity index (χ1v) is 7.17. The van der Waals surface area contributed by atoms with Gasteiger partial charge >= 0.3 is 11.9 Å². The molecule has 1 heterocycles. The van der Waals surface area contributed by atoms with Gasteiger partial charge in [-0.25, -0.2) is 4.79 Å². The number of amides is 1. The average Bonchev–Trinajstić information content (AvgIpc) is 2.87. The SMILES string of the molecule is CCOC(=O)c1c(NC(=O)CC(=O)O)sc2c1CCC2.